The van der Waals surface area contributed by atoms with Gasteiger partial charge in [0.25, 0.3) is 0 Å². The number of hydrogen-bond donors (Lipinski definition) is 1. The zero-order valence-electron chi connectivity index (χ0n) is 13.6. The molecule has 1 saturated carbocycles. The lowest BCUT2D eigenvalue weighted by Crippen LogP contribution is -2.44. The van der Waals surface area contributed by atoms with E-state index in [1.165, 1.54) is 41.9 Å². The van der Waals surface area contributed by atoms with Gasteiger partial charge in [-0.05, 0) is 51.3 Å². The molecule has 1 aromatic heterocycles. The van der Waals surface area contributed by atoms with Crippen LogP contribution in [0.25, 0.3) is 0 Å². The van der Waals surface area contributed by atoms with Crippen molar-refractivity contribution in [2.75, 3.05) is 13.1 Å². The summed E-state index contributed by atoms with van der Waals surface area (Å²) in [5.74, 6) is 0.510. The number of carbonyl (C=O) groups excluding carboxylic acids is 1. The minimum absolute atomic E-state index is 0.208. The first-order valence-corrected chi connectivity index (χ1v) is 9.63. The number of nitrogens with zero attached hydrogens (tertiary/aromatic N) is 1. The maximum Gasteiger partial charge on any atom is 0.224 e. The van der Waals surface area contributed by atoms with Gasteiger partial charge in [-0.3, -0.25) is 9.69 Å². The highest BCUT2D eigenvalue weighted by Gasteiger charge is 2.36. The van der Waals surface area contributed by atoms with Crippen molar-refractivity contribution in [3.8, 4) is 0 Å². The fourth-order valence-electron chi connectivity index (χ4n) is 3.95. The molecule has 1 aliphatic heterocycles. The van der Waals surface area contributed by atoms with Gasteiger partial charge in [-0.15, -0.1) is 11.3 Å². The Labute approximate surface area is 138 Å². The van der Waals surface area contributed by atoms with Crippen LogP contribution in [0.3, 0.4) is 0 Å². The standard InChI is InChI=1S/C18H28N2OS/c1-14-9-10-15(22-14)13-20-12-5-3-2-4-11-19-18(21)16-7-6-8-17(16)20/h9-10,16-17H,2-8,11-13H2,1H3,(H,19,21)/t16-,17+/m1/s1. The zero-order chi connectivity index (χ0) is 15.4. The van der Waals surface area contributed by atoms with Crippen LogP contribution in [-0.2, 0) is 11.3 Å². The van der Waals surface area contributed by atoms with Crippen molar-refractivity contribution in [2.45, 2.75) is 64.5 Å². The molecule has 2 heterocycles. The summed E-state index contributed by atoms with van der Waals surface area (Å²) in [5.41, 5.74) is 0. The van der Waals surface area contributed by atoms with Crippen LogP contribution in [0, 0.1) is 12.8 Å². The number of rotatable bonds is 2. The second kappa shape index (κ2) is 7.60. The van der Waals surface area contributed by atoms with Crippen molar-refractivity contribution in [1.82, 2.24) is 10.2 Å². The Kier molecular flexibility index (Phi) is 5.53. The molecule has 2 fully saturated rings. The molecule has 1 aromatic rings. The molecule has 1 amide bonds. The van der Waals surface area contributed by atoms with E-state index in [4.69, 9.17) is 0 Å². The van der Waals surface area contributed by atoms with Crippen LogP contribution >= 0.6 is 11.3 Å². The number of carbonyl (C=O) groups is 1. The van der Waals surface area contributed by atoms with Crippen LogP contribution in [0.5, 0.6) is 0 Å². The minimum Gasteiger partial charge on any atom is -0.356 e. The van der Waals surface area contributed by atoms with Gasteiger partial charge in [0.2, 0.25) is 5.91 Å². The smallest absolute Gasteiger partial charge is 0.224 e. The lowest BCUT2D eigenvalue weighted by molar-refractivity contribution is -0.126. The molecule has 3 nitrogen and oxygen atoms in total. The van der Waals surface area contributed by atoms with E-state index in [9.17, 15) is 4.79 Å². The molecule has 3 rings (SSSR count). The first kappa shape index (κ1) is 16.0. The Morgan fingerprint density at radius 3 is 2.86 bits per heavy atom. The summed E-state index contributed by atoms with van der Waals surface area (Å²) in [6.07, 6.45) is 8.37. The average Bonchev–Trinajstić information content (AvgIpc) is 3.12. The maximum atomic E-state index is 12.5. The molecule has 4 heteroatoms. The van der Waals surface area contributed by atoms with E-state index >= 15 is 0 Å². The summed E-state index contributed by atoms with van der Waals surface area (Å²) in [5, 5.41) is 3.18. The van der Waals surface area contributed by atoms with Gasteiger partial charge in [0, 0.05) is 28.9 Å². The third kappa shape index (κ3) is 3.90. The number of amides is 1. The first-order valence-electron chi connectivity index (χ1n) is 8.81. The average molecular weight is 321 g/mol. The summed E-state index contributed by atoms with van der Waals surface area (Å²) in [6, 6.07) is 4.92. The lowest BCUT2D eigenvalue weighted by atomic mass is 10.0. The molecule has 0 radical (unpaired) electrons. The SMILES string of the molecule is Cc1ccc(CN2CCCCCCNC(=O)[C@@H]3CCC[C@@H]32)s1. The van der Waals surface area contributed by atoms with Crippen LogP contribution in [0.1, 0.15) is 54.7 Å². The van der Waals surface area contributed by atoms with Gasteiger partial charge in [0.1, 0.15) is 0 Å². The van der Waals surface area contributed by atoms with Crippen molar-refractivity contribution >= 4 is 17.2 Å². The number of aryl methyl sites for hydroxylation is 1. The van der Waals surface area contributed by atoms with Crippen molar-refractivity contribution < 1.29 is 4.79 Å². The quantitative estimate of drug-likeness (QED) is 0.901. The Hall–Kier alpha value is -0.870. The molecule has 0 spiro atoms. The first-order chi connectivity index (χ1) is 10.7. The number of nitrogens with one attached hydrogen (secondary N) is 1. The fourth-order valence-corrected chi connectivity index (χ4v) is 4.87. The summed E-state index contributed by atoms with van der Waals surface area (Å²) >= 11 is 1.90. The van der Waals surface area contributed by atoms with E-state index in [1.807, 2.05) is 11.3 Å². The van der Waals surface area contributed by atoms with Gasteiger partial charge in [-0.2, -0.15) is 0 Å². The highest BCUT2D eigenvalue weighted by molar-refractivity contribution is 7.11. The molecule has 122 valence electrons. The predicted molar refractivity (Wildman–Crippen MR) is 92.1 cm³/mol. The predicted octanol–water partition coefficient (Wildman–Crippen LogP) is 3.72. The van der Waals surface area contributed by atoms with E-state index < -0.39 is 0 Å². The summed E-state index contributed by atoms with van der Waals surface area (Å²) in [6.45, 7) is 5.21. The molecule has 22 heavy (non-hydrogen) atoms. The Bertz CT molecular complexity index is 499. The topological polar surface area (TPSA) is 32.3 Å². The number of hydrogen-bond acceptors (Lipinski definition) is 3. The van der Waals surface area contributed by atoms with Gasteiger partial charge in [-0.1, -0.05) is 19.3 Å². The highest BCUT2D eigenvalue weighted by Crippen LogP contribution is 2.32. The van der Waals surface area contributed by atoms with Gasteiger partial charge in [-0.25, -0.2) is 0 Å². The van der Waals surface area contributed by atoms with E-state index in [0.717, 1.165) is 32.5 Å². The van der Waals surface area contributed by atoms with Crippen LogP contribution < -0.4 is 5.32 Å². The summed E-state index contributed by atoms with van der Waals surface area (Å²) in [4.78, 5) is 17.9. The Morgan fingerprint density at radius 1 is 1.18 bits per heavy atom. The molecular weight excluding hydrogens is 292 g/mol. The van der Waals surface area contributed by atoms with Crippen molar-refractivity contribution in [2.24, 2.45) is 5.92 Å². The van der Waals surface area contributed by atoms with Gasteiger partial charge >= 0.3 is 0 Å². The van der Waals surface area contributed by atoms with Crippen LogP contribution in [-0.4, -0.2) is 29.9 Å². The van der Waals surface area contributed by atoms with Crippen LogP contribution in [0.4, 0.5) is 0 Å². The largest absolute Gasteiger partial charge is 0.356 e. The molecule has 0 bridgehead atoms. The monoisotopic (exact) mass is 320 g/mol. The Balaban J connectivity index is 1.75. The van der Waals surface area contributed by atoms with Gasteiger partial charge in [0.05, 0.1) is 5.92 Å². The third-order valence-corrected chi connectivity index (χ3v) is 6.10. The minimum atomic E-state index is 0.208. The van der Waals surface area contributed by atoms with Gasteiger partial charge < -0.3 is 5.32 Å². The van der Waals surface area contributed by atoms with Crippen LogP contribution in [0.2, 0.25) is 0 Å². The molecule has 0 unspecified atom stereocenters. The molecule has 0 aromatic carbocycles. The van der Waals surface area contributed by atoms with Crippen molar-refractivity contribution in [3.63, 3.8) is 0 Å². The number of thiophene rings is 1. The molecular formula is C18H28N2OS. The van der Waals surface area contributed by atoms with Gasteiger partial charge in [0.15, 0.2) is 0 Å². The second-order valence-corrected chi connectivity index (χ2v) is 8.17. The highest BCUT2D eigenvalue weighted by atomic mass is 32.1. The fraction of sp³-hybridized carbons (Fsp3) is 0.722. The third-order valence-electron chi connectivity index (χ3n) is 5.11. The number of fused-ring (bicyclic) bond motifs is 1. The summed E-state index contributed by atoms with van der Waals surface area (Å²) < 4.78 is 0. The normalized spacial score (nSPS) is 28.0. The van der Waals surface area contributed by atoms with Crippen LogP contribution in [0.15, 0.2) is 12.1 Å². The Morgan fingerprint density at radius 2 is 2.05 bits per heavy atom. The molecule has 1 N–H and O–H groups in total. The molecule has 1 saturated heterocycles. The lowest BCUT2D eigenvalue weighted by Gasteiger charge is -2.32. The van der Waals surface area contributed by atoms with E-state index in [1.54, 1.807) is 0 Å². The maximum absolute atomic E-state index is 12.5. The van der Waals surface area contributed by atoms with E-state index in [0.29, 0.717) is 11.9 Å². The molecule has 1 aliphatic carbocycles. The second-order valence-electron chi connectivity index (χ2n) is 6.79. The summed E-state index contributed by atoms with van der Waals surface area (Å²) in [7, 11) is 0. The van der Waals surface area contributed by atoms with Crippen molar-refractivity contribution in [1.29, 1.82) is 0 Å². The van der Waals surface area contributed by atoms with E-state index in [2.05, 4.69) is 29.3 Å². The molecule has 2 aliphatic rings. The van der Waals surface area contributed by atoms with Crippen molar-refractivity contribution in [3.05, 3.63) is 21.9 Å². The zero-order valence-corrected chi connectivity index (χ0v) is 14.5. The van der Waals surface area contributed by atoms with E-state index in [-0.39, 0.29) is 5.92 Å². The molecule has 2 atom stereocenters.